The normalized spacial score (nSPS) is 20.3. The van der Waals surface area contributed by atoms with Crippen LogP contribution in [0, 0.1) is 12.8 Å². The molecule has 0 aromatic carbocycles. The molecule has 2 aromatic heterocycles. The summed E-state index contributed by atoms with van der Waals surface area (Å²) in [5, 5.41) is 5.64. The van der Waals surface area contributed by atoms with E-state index < -0.39 is 11.4 Å². The Labute approximate surface area is 168 Å². The molecule has 1 atom stereocenters. The van der Waals surface area contributed by atoms with Crippen LogP contribution in [0.4, 0.5) is 0 Å². The third kappa shape index (κ3) is 3.03. The molecule has 2 amide bonds. The number of furan rings is 1. The van der Waals surface area contributed by atoms with Gasteiger partial charge in [-0.2, -0.15) is 0 Å². The Kier molecular flexibility index (Phi) is 5.23. The lowest BCUT2D eigenvalue weighted by atomic mass is 9.76. The number of hydrogen-bond acceptors (Lipinski definition) is 6. The monoisotopic (exact) mass is 402 g/mol. The molecule has 0 aliphatic heterocycles. The van der Waals surface area contributed by atoms with Crippen molar-refractivity contribution in [2.24, 2.45) is 11.7 Å². The zero-order chi connectivity index (χ0) is 19.7. The van der Waals surface area contributed by atoms with E-state index in [-0.39, 0.29) is 23.6 Å². The smallest absolute Gasteiger partial charge is 0.276 e. The van der Waals surface area contributed by atoms with Gasteiger partial charge in [0.25, 0.3) is 11.8 Å². The van der Waals surface area contributed by atoms with E-state index in [1.165, 1.54) is 0 Å². The molecule has 0 saturated heterocycles. The Morgan fingerprint density at radius 1 is 1.18 bits per heavy atom. The van der Waals surface area contributed by atoms with Gasteiger partial charge in [0.1, 0.15) is 11.5 Å². The zero-order valence-electron chi connectivity index (χ0n) is 16.1. The van der Waals surface area contributed by atoms with Crippen molar-refractivity contribution in [2.45, 2.75) is 69.9 Å². The van der Waals surface area contributed by atoms with E-state index in [0.717, 1.165) is 62.9 Å². The molecule has 8 heteroatoms. The number of aromatic nitrogens is 2. The second-order valence-corrected chi connectivity index (χ2v) is 8.54. The number of rotatable bonds is 6. The summed E-state index contributed by atoms with van der Waals surface area (Å²) in [7, 11) is 0. The highest BCUT2D eigenvalue weighted by Crippen LogP contribution is 2.48. The van der Waals surface area contributed by atoms with Gasteiger partial charge in [-0.1, -0.05) is 30.2 Å². The van der Waals surface area contributed by atoms with Gasteiger partial charge in [0.2, 0.25) is 0 Å². The molecule has 2 N–H and O–H groups in total. The second-order valence-electron chi connectivity index (χ2n) is 7.93. The predicted octanol–water partition coefficient (Wildman–Crippen LogP) is 3.40. The van der Waals surface area contributed by atoms with Gasteiger partial charge in [-0.25, -0.2) is 0 Å². The Bertz CT molecular complexity index is 838. The first-order valence-corrected chi connectivity index (χ1v) is 10.9. The maximum absolute atomic E-state index is 13.7. The molecule has 7 nitrogen and oxygen atoms in total. The summed E-state index contributed by atoms with van der Waals surface area (Å²) in [4.78, 5) is 28.6. The SMILES string of the molecule is Cc1ccc(C(C(N)=O)(C2CCCC2)N(C(=O)c2csnn2)C2CCCC2)o1. The molecule has 0 spiro atoms. The first kappa shape index (κ1) is 19.1. The Balaban J connectivity index is 1.92. The molecule has 0 bridgehead atoms. The van der Waals surface area contributed by atoms with Crippen LogP contribution in [-0.4, -0.2) is 32.3 Å². The van der Waals surface area contributed by atoms with E-state index in [0.29, 0.717) is 11.5 Å². The van der Waals surface area contributed by atoms with Gasteiger partial charge in [-0.3, -0.25) is 9.59 Å². The van der Waals surface area contributed by atoms with Crippen molar-refractivity contribution < 1.29 is 14.0 Å². The molecule has 2 heterocycles. The topological polar surface area (TPSA) is 102 Å². The summed E-state index contributed by atoms with van der Waals surface area (Å²) in [6.07, 6.45) is 7.48. The molecule has 1 unspecified atom stereocenters. The zero-order valence-corrected chi connectivity index (χ0v) is 16.9. The largest absolute Gasteiger partial charge is 0.463 e. The summed E-state index contributed by atoms with van der Waals surface area (Å²) in [5.74, 6) is 0.324. The molecule has 150 valence electrons. The molecule has 4 rings (SSSR count). The summed E-state index contributed by atoms with van der Waals surface area (Å²) in [6, 6.07) is 3.59. The number of aryl methyl sites for hydroxylation is 1. The molecule has 2 saturated carbocycles. The number of hydrogen-bond donors (Lipinski definition) is 1. The van der Waals surface area contributed by atoms with Crippen LogP contribution < -0.4 is 5.73 Å². The van der Waals surface area contributed by atoms with Gasteiger partial charge >= 0.3 is 0 Å². The highest BCUT2D eigenvalue weighted by Gasteiger charge is 2.57. The molecule has 2 aliphatic rings. The predicted molar refractivity (Wildman–Crippen MR) is 105 cm³/mol. The molecule has 2 fully saturated rings. The lowest BCUT2D eigenvalue weighted by Gasteiger charge is -2.47. The highest BCUT2D eigenvalue weighted by atomic mass is 32.1. The lowest BCUT2D eigenvalue weighted by Crippen LogP contribution is -2.63. The van der Waals surface area contributed by atoms with E-state index in [2.05, 4.69) is 9.59 Å². The van der Waals surface area contributed by atoms with E-state index in [1.807, 2.05) is 19.1 Å². The Morgan fingerprint density at radius 2 is 1.86 bits per heavy atom. The molecule has 0 radical (unpaired) electrons. The fraction of sp³-hybridized carbons (Fsp3) is 0.600. The Hall–Kier alpha value is -2.22. The van der Waals surface area contributed by atoms with Crippen LogP contribution in [-0.2, 0) is 10.3 Å². The minimum absolute atomic E-state index is 0.0623. The first-order chi connectivity index (χ1) is 13.5. The van der Waals surface area contributed by atoms with Crippen LogP contribution in [0.25, 0.3) is 0 Å². The quantitative estimate of drug-likeness (QED) is 0.798. The van der Waals surface area contributed by atoms with Crippen molar-refractivity contribution in [1.29, 1.82) is 0 Å². The molecular weight excluding hydrogens is 376 g/mol. The van der Waals surface area contributed by atoms with Crippen LogP contribution in [0.5, 0.6) is 0 Å². The van der Waals surface area contributed by atoms with Crippen LogP contribution in [0.3, 0.4) is 0 Å². The fourth-order valence-corrected chi connectivity index (χ4v) is 5.53. The third-order valence-electron chi connectivity index (χ3n) is 6.31. The van der Waals surface area contributed by atoms with Crippen molar-refractivity contribution in [3.05, 3.63) is 34.7 Å². The fourth-order valence-electron chi connectivity index (χ4n) is 5.10. The van der Waals surface area contributed by atoms with Gasteiger partial charge in [-0.15, -0.1) is 5.10 Å². The second kappa shape index (κ2) is 7.66. The molecule has 28 heavy (non-hydrogen) atoms. The minimum atomic E-state index is -1.29. The van der Waals surface area contributed by atoms with Crippen molar-refractivity contribution in [2.75, 3.05) is 0 Å². The van der Waals surface area contributed by atoms with Crippen LogP contribution in [0.15, 0.2) is 21.9 Å². The maximum Gasteiger partial charge on any atom is 0.276 e. The van der Waals surface area contributed by atoms with E-state index in [4.69, 9.17) is 10.2 Å². The van der Waals surface area contributed by atoms with Crippen molar-refractivity contribution in [1.82, 2.24) is 14.5 Å². The van der Waals surface area contributed by atoms with Crippen molar-refractivity contribution in [3.63, 3.8) is 0 Å². The van der Waals surface area contributed by atoms with Gasteiger partial charge in [0.15, 0.2) is 11.2 Å². The van der Waals surface area contributed by atoms with Crippen LogP contribution in [0.2, 0.25) is 0 Å². The van der Waals surface area contributed by atoms with Gasteiger partial charge in [0.05, 0.1) is 0 Å². The minimum Gasteiger partial charge on any atom is -0.463 e. The van der Waals surface area contributed by atoms with Gasteiger partial charge < -0.3 is 15.1 Å². The van der Waals surface area contributed by atoms with Gasteiger partial charge in [-0.05, 0) is 62.2 Å². The number of nitrogens with two attached hydrogens (primary N) is 1. The molecular formula is C20H26N4O3S. The molecule has 2 aromatic rings. The van der Waals surface area contributed by atoms with E-state index in [9.17, 15) is 9.59 Å². The van der Waals surface area contributed by atoms with E-state index >= 15 is 0 Å². The lowest BCUT2D eigenvalue weighted by molar-refractivity contribution is -0.136. The van der Waals surface area contributed by atoms with Crippen molar-refractivity contribution in [3.8, 4) is 0 Å². The highest BCUT2D eigenvalue weighted by molar-refractivity contribution is 7.03. The average molecular weight is 403 g/mol. The first-order valence-electron chi connectivity index (χ1n) is 10.0. The van der Waals surface area contributed by atoms with Crippen LogP contribution >= 0.6 is 11.5 Å². The number of carbonyl (C=O) groups excluding carboxylic acids is 2. The number of primary amides is 1. The summed E-state index contributed by atoms with van der Waals surface area (Å²) in [6.45, 7) is 1.84. The van der Waals surface area contributed by atoms with Crippen molar-refractivity contribution >= 4 is 23.3 Å². The summed E-state index contributed by atoms with van der Waals surface area (Å²) < 4.78 is 9.86. The summed E-state index contributed by atoms with van der Waals surface area (Å²) >= 11 is 1.13. The number of amides is 2. The van der Waals surface area contributed by atoms with E-state index in [1.54, 1.807) is 10.3 Å². The van der Waals surface area contributed by atoms with Gasteiger partial charge in [0, 0.05) is 11.4 Å². The van der Waals surface area contributed by atoms with Crippen LogP contribution in [0.1, 0.15) is 73.4 Å². The molecule has 2 aliphatic carbocycles. The number of nitrogens with zero attached hydrogens (tertiary/aromatic N) is 3. The maximum atomic E-state index is 13.7. The summed E-state index contributed by atoms with van der Waals surface area (Å²) in [5.41, 5.74) is 5.10. The average Bonchev–Trinajstić information content (AvgIpc) is 3.47. The third-order valence-corrected chi connectivity index (χ3v) is 6.81. The number of carbonyl (C=O) groups is 2. The standard InChI is InChI=1S/C20H26N4O3S/c1-13-10-11-17(27-13)20(19(21)26,14-6-2-3-7-14)24(15-8-4-5-9-15)18(25)16-12-28-23-22-16/h10-12,14-15H,2-9H2,1H3,(H2,21,26). The Morgan fingerprint density at radius 3 is 2.39 bits per heavy atom.